The summed E-state index contributed by atoms with van der Waals surface area (Å²) in [6.07, 6.45) is 2.80. The number of allylic oxidation sites excluding steroid dienone is 1. The van der Waals surface area contributed by atoms with Crippen molar-refractivity contribution in [1.82, 2.24) is 14.7 Å². The number of carbonyl (C=O) groups excluding carboxylic acids is 1. The van der Waals surface area contributed by atoms with Crippen molar-refractivity contribution in [1.29, 1.82) is 0 Å². The van der Waals surface area contributed by atoms with Gasteiger partial charge in [0, 0.05) is 42.0 Å². The topological polar surface area (TPSA) is 70.8 Å². The predicted molar refractivity (Wildman–Crippen MR) is 99.0 cm³/mol. The Morgan fingerprint density at radius 2 is 2.04 bits per heavy atom. The molecule has 7 heteroatoms. The molecular weight excluding hydrogens is 330 g/mol. The van der Waals surface area contributed by atoms with Crippen molar-refractivity contribution in [3.8, 4) is 0 Å². The molecule has 1 fully saturated rings. The number of likely N-dealkylation sites (N-methyl/N-ethyl adjacent to an activating group) is 1. The van der Waals surface area contributed by atoms with Gasteiger partial charge in [-0.3, -0.25) is 14.4 Å². The molecule has 1 amide bonds. The highest BCUT2D eigenvalue weighted by Gasteiger charge is 2.31. The Labute approximate surface area is 151 Å². The third kappa shape index (κ3) is 2.84. The van der Waals surface area contributed by atoms with E-state index in [1.165, 1.54) is 5.69 Å². The average Bonchev–Trinajstić information content (AvgIpc) is 3.24. The van der Waals surface area contributed by atoms with E-state index in [2.05, 4.69) is 38.4 Å². The highest BCUT2D eigenvalue weighted by molar-refractivity contribution is 5.94. The second-order valence-electron chi connectivity index (χ2n) is 7.03. The van der Waals surface area contributed by atoms with E-state index < -0.39 is 5.91 Å². The summed E-state index contributed by atoms with van der Waals surface area (Å²) in [5, 5.41) is 7.00. The lowest BCUT2D eigenvalue weighted by molar-refractivity contribution is 0.100. The van der Waals surface area contributed by atoms with Crippen molar-refractivity contribution in [2.75, 3.05) is 25.0 Å². The first kappa shape index (κ1) is 16.7. The quantitative estimate of drug-likeness (QED) is 0.795. The van der Waals surface area contributed by atoms with Crippen molar-refractivity contribution in [3.63, 3.8) is 0 Å². The minimum atomic E-state index is -0.732. The Morgan fingerprint density at radius 1 is 1.27 bits per heavy atom. The molecule has 7 nitrogen and oxygen atoms in total. The van der Waals surface area contributed by atoms with Crippen LogP contribution in [0.3, 0.4) is 0 Å². The summed E-state index contributed by atoms with van der Waals surface area (Å²) in [7, 11) is 2.12. The number of nitrogens with zero attached hydrogens (tertiary/aromatic N) is 5. The monoisotopic (exact) mass is 351 g/mol. The first-order chi connectivity index (χ1) is 12.6. The van der Waals surface area contributed by atoms with Crippen LogP contribution in [0.5, 0.6) is 0 Å². The second-order valence-corrected chi connectivity index (χ2v) is 7.03. The van der Waals surface area contributed by atoms with Crippen LogP contribution in [0.15, 0.2) is 47.9 Å². The van der Waals surface area contributed by atoms with Gasteiger partial charge in [-0.15, -0.1) is 4.91 Å². The van der Waals surface area contributed by atoms with Gasteiger partial charge in [0.1, 0.15) is 0 Å². The number of anilines is 1. The summed E-state index contributed by atoms with van der Waals surface area (Å²) >= 11 is 0. The minimum Gasteiger partial charge on any atom is -0.342 e. The molecule has 1 atom stereocenters. The zero-order chi connectivity index (χ0) is 18.3. The Hall–Kier alpha value is -2.80. The van der Waals surface area contributed by atoms with Crippen LogP contribution < -0.4 is 4.90 Å². The van der Waals surface area contributed by atoms with E-state index in [0.717, 1.165) is 49.5 Å². The molecule has 0 spiro atoms. The summed E-state index contributed by atoms with van der Waals surface area (Å²) in [6.45, 7) is 7.91. The highest BCUT2D eigenvalue weighted by Crippen LogP contribution is 2.38. The number of nitroso groups, excluding NO2 is 1. The van der Waals surface area contributed by atoms with Gasteiger partial charge in [-0.1, -0.05) is 18.7 Å². The van der Waals surface area contributed by atoms with Crippen molar-refractivity contribution in [2.45, 2.75) is 25.4 Å². The second kappa shape index (κ2) is 6.49. The Kier molecular flexibility index (Phi) is 4.16. The summed E-state index contributed by atoms with van der Waals surface area (Å²) in [6, 6.07) is 7.14. The van der Waals surface area contributed by atoms with Crippen molar-refractivity contribution < 1.29 is 4.79 Å². The zero-order valence-electron chi connectivity index (χ0n) is 14.8. The van der Waals surface area contributed by atoms with E-state index in [1.54, 1.807) is 12.1 Å². The van der Waals surface area contributed by atoms with Crippen molar-refractivity contribution in [3.05, 3.63) is 64.5 Å². The SMILES string of the molecule is C=C1CC(c2ccc(C(=O)N=O)cc2)CN1c1cnn2c1CN(C)CC2. The van der Waals surface area contributed by atoms with E-state index in [0.29, 0.717) is 11.5 Å². The lowest BCUT2D eigenvalue weighted by Gasteiger charge is -2.27. The molecule has 1 saturated heterocycles. The van der Waals surface area contributed by atoms with Crippen molar-refractivity contribution in [2.24, 2.45) is 5.18 Å². The molecule has 4 rings (SSSR count). The fraction of sp³-hybridized carbons (Fsp3) is 0.368. The van der Waals surface area contributed by atoms with Crippen LogP contribution in [0.2, 0.25) is 0 Å². The van der Waals surface area contributed by atoms with Crippen LogP contribution in [0, 0.1) is 4.91 Å². The molecule has 2 aromatic rings. The Bertz CT molecular complexity index is 871. The third-order valence-electron chi connectivity index (χ3n) is 5.31. The highest BCUT2D eigenvalue weighted by atomic mass is 16.3. The molecule has 1 aromatic heterocycles. The molecule has 0 N–H and O–H groups in total. The van der Waals surface area contributed by atoms with E-state index in [-0.39, 0.29) is 0 Å². The molecule has 0 saturated carbocycles. The molecule has 1 aromatic carbocycles. The zero-order valence-corrected chi connectivity index (χ0v) is 14.8. The molecule has 3 heterocycles. The van der Waals surface area contributed by atoms with Crippen LogP contribution in [-0.2, 0) is 13.1 Å². The summed E-state index contributed by atoms with van der Waals surface area (Å²) < 4.78 is 2.09. The molecule has 0 radical (unpaired) electrons. The maximum absolute atomic E-state index is 11.4. The van der Waals surface area contributed by atoms with Crippen LogP contribution in [0.4, 0.5) is 5.69 Å². The smallest absolute Gasteiger partial charge is 0.316 e. The molecule has 134 valence electrons. The van der Waals surface area contributed by atoms with Gasteiger partial charge in [-0.2, -0.15) is 5.10 Å². The van der Waals surface area contributed by atoms with Crippen LogP contribution in [-0.4, -0.2) is 40.7 Å². The largest absolute Gasteiger partial charge is 0.342 e. The summed E-state index contributed by atoms with van der Waals surface area (Å²) in [5.74, 6) is -0.433. The van der Waals surface area contributed by atoms with Gasteiger partial charge in [0.25, 0.3) is 0 Å². The molecule has 0 bridgehead atoms. The standard InChI is InChI=1S/C19H21N5O2/c1-13-9-16(14-3-5-15(6-4-14)19(25)21-26)11-23(13)17-10-20-24-8-7-22(2)12-18(17)24/h3-6,10,16H,1,7-9,11-12H2,2H3. The fourth-order valence-corrected chi connectivity index (χ4v) is 3.83. The lowest BCUT2D eigenvalue weighted by atomic mass is 9.97. The molecular formula is C19H21N5O2. The third-order valence-corrected chi connectivity index (χ3v) is 5.31. The molecule has 26 heavy (non-hydrogen) atoms. The van der Waals surface area contributed by atoms with Crippen LogP contribution in [0.25, 0.3) is 0 Å². The number of aromatic nitrogens is 2. The molecule has 0 aliphatic carbocycles. The van der Waals surface area contributed by atoms with E-state index in [4.69, 9.17) is 0 Å². The minimum absolute atomic E-state index is 0.299. The first-order valence-electron chi connectivity index (χ1n) is 8.73. The van der Waals surface area contributed by atoms with Gasteiger partial charge >= 0.3 is 5.91 Å². The number of hydrogen-bond acceptors (Lipinski definition) is 5. The maximum Gasteiger partial charge on any atom is 0.316 e. The number of carbonyl (C=O) groups is 1. The van der Waals surface area contributed by atoms with Gasteiger partial charge < -0.3 is 4.90 Å². The van der Waals surface area contributed by atoms with Gasteiger partial charge in [-0.25, -0.2) is 0 Å². The van der Waals surface area contributed by atoms with Crippen LogP contribution in [0.1, 0.15) is 34.0 Å². The van der Waals surface area contributed by atoms with Gasteiger partial charge in [0.15, 0.2) is 0 Å². The predicted octanol–water partition coefficient (Wildman–Crippen LogP) is 2.74. The maximum atomic E-state index is 11.4. The van der Waals surface area contributed by atoms with E-state index in [1.807, 2.05) is 18.3 Å². The van der Waals surface area contributed by atoms with Crippen molar-refractivity contribution >= 4 is 11.6 Å². The Balaban J connectivity index is 1.55. The molecule has 2 aliphatic heterocycles. The number of amides is 1. The van der Waals surface area contributed by atoms with E-state index >= 15 is 0 Å². The lowest BCUT2D eigenvalue weighted by Crippen LogP contribution is -2.32. The Morgan fingerprint density at radius 3 is 2.77 bits per heavy atom. The molecule has 1 unspecified atom stereocenters. The normalized spacial score (nSPS) is 20.3. The summed E-state index contributed by atoms with van der Waals surface area (Å²) in [5.41, 5.74) is 4.91. The number of rotatable bonds is 3. The van der Waals surface area contributed by atoms with Gasteiger partial charge in [-0.05, 0) is 31.2 Å². The van der Waals surface area contributed by atoms with Gasteiger partial charge in [0.05, 0.1) is 24.1 Å². The molecule has 2 aliphatic rings. The van der Waals surface area contributed by atoms with E-state index in [9.17, 15) is 9.70 Å². The van der Waals surface area contributed by atoms with Crippen LogP contribution >= 0.6 is 0 Å². The summed E-state index contributed by atoms with van der Waals surface area (Å²) in [4.78, 5) is 26.3. The first-order valence-corrected chi connectivity index (χ1v) is 8.73. The number of hydrogen-bond donors (Lipinski definition) is 0. The number of benzene rings is 1. The number of fused-ring (bicyclic) bond motifs is 1. The van der Waals surface area contributed by atoms with Gasteiger partial charge in [0.2, 0.25) is 0 Å². The fourth-order valence-electron chi connectivity index (χ4n) is 3.83. The average molecular weight is 351 g/mol.